The zero-order chi connectivity index (χ0) is 9.28. The summed E-state index contributed by atoms with van der Waals surface area (Å²) in [7, 11) is -3.23. The maximum atomic E-state index is 12.1. The quantitative estimate of drug-likeness (QED) is 0.516. The van der Waals surface area contributed by atoms with Gasteiger partial charge in [0.2, 0.25) is 9.76 Å². The molecule has 0 saturated heterocycles. The van der Waals surface area contributed by atoms with Crippen LogP contribution in [0.2, 0.25) is 0 Å². The summed E-state index contributed by atoms with van der Waals surface area (Å²) < 4.78 is 60.0. The van der Waals surface area contributed by atoms with Crippen LogP contribution in [0.25, 0.3) is 0 Å². The number of hydrogen-bond donors (Lipinski definition) is 1. The van der Waals surface area contributed by atoms with Crippen molar-refractivity contribution in [1.82, 2.24) is 0 Å². The SMILES string of the molecule is CC(F)C(F)(F)C(F)(F)[SiH2]O. The Morgan fingerprint density at radius 3 is 1.73 bits per heavy atom. The van der Waals surface area contributed by atoms with Crippen LogP contribution >= 0.6 is 0 Å². The number of halogens is 5. The van der Waals surface area contributed by atoms with Crippen LogP contribution in [0.3, 0.4) is 0 Å². The van der Waals surface area contributed by atoms with Crippen LogP contribution < -0.4 is 0 Å². The Balaban J connectivity index is 4.53. The van der Waals surface area contributed by atoms with Gasteiger partial charge in [0.15, 0.2) is 6.17 Å². The van der Waals surface area contributed by atoms with E-state index in [1.54, 1.807) is 0 Å². The van der Waals surface area contributed by atoms with Gasteiger partial charge in [-0.1, -0.05) is 0 Å². The van der Waals surface area contributed by atoms with Crippen LogP contribution in [-0.4, -0.2) is 32.2 Å². The lowest BCUT2D eigenvalue weighted by molar-refractivity contribution is -0.196. The Hall–Kier alpha value is -0.173. The lowest BCUT2D eigenvalue weighted by Crippen LogP contribution is -2.50. The molecule has 7 heteroatoms. The van der Waals surface area contributed by atoms with Gasteiger partial charge < -0.3 is 4.80 Å². The molecule has 0 radical (unpaired) electrons. The molecule has 0 aliphatic carbocycles. The Bertz CT molecular complexity index is 136. The lowest BCUT2D eigenvalue weighted by Gasteiger charge is -2.25. The van der Waals surface area contributed by atoms with E-state index in [-0.39, 0.29) is 0 Å². The minimum atomic E-state index is -4.74. The molecule has 0 aromatic heterocycles. The van der Waals surface area contributed by atoms with Crippen LogP contribution in [-0.2, 0) is 0 Å². The van der Waals surface area contributed by atoms with E-state index in [4.69, 9.17) is 4.80 Å². The number of rotatable bonds is 3. The highest BCUT2D eigenvalue weighted by Gasteiger charge is 2.59. The van der Waals surface area contributed by atoms with Crippen molar-refractivity contribution in [1.29, 1.82) is 0 Å². The Labute approximate surface area is 62.2 Å². The van der Waals surface area contributed by atoms with Gasteiger partial charge in [0.05, 0.1) is 0 Å². The van der Waals surface area contributed by atoms with Gasteiger partial charge in [0.1, 0.15) is 0 Å². The van der Waals surface area contributed by atoms with Gasteiger partial charge in [-0.2, -0.15) is 8.78 Å². The molecule has 0 aliphatic heterocycles. The Morgan fingerprint density at radius 2 is 1.64 bits per heavy atom. The van der Waals surface area contributed by atoms with Gasteiger partial charge >= 0.3 is 11.5 Å². The van der Waals surface area contributed by atoms with E-state index < -0.39 is 27.4 Å². The predicted octanol–water partition coefficient (Wildman–Crippen LogP) is 0.649. The average molecular weight is 194 g/mol. The lowest BCUT2D eigenvalue weighted by atomic mass is 10.2. The van der Waals surface area contributed by atoms with E-state index in [0.717, 1.165) is 0 Å². The number of hydrogen-bond acceptors (Lipinski definition) is 1. The summed E-state index contributed by atoms with van der Waals surface area (Å²) in [5, 5.41) is 0. The van der Waals surface area contributed by atoms with Crippen molar-refractivity contribution in [2.45, 2.75) is 24.6 Å². The van der Waals surface area contributed by atoms with E-state index in [9.17, 15) is 22.0 Å². The van der Waals surface area contributed by atoms with Crippen LogP contribution in [0.1, 0.15) is 6.92 Å². The van der Waals surface area contributed by atoms with Gasteiger partial charge in [-0.05, 0) is 6.92 Å². The first-order valence-corrected chi connectivity index (χ1v) is 4.10. The average Bonchev–Trinajstić information content (AvgIpc) is 1.87. The maximum Gasteiger partial charge on any atom is 0.338 e. The van der Waals surface area contributed by atoms with Crippen molar-refractivity contribution in [3.05, 3.63) is 0 Å². The second kappa shape index (κ2) is 3.06. The fourth-order valence-corrected chi connectivity index (χ4v) is 0.888. The number of alkyl halides is 5. The maximum absolute atomic E-state index is 12.1. The van der Waals surface area contributed by atoms with Crippen LogP contribution in [0.15, 0.2) is 0 Å². The van der Waals surface area contributed by atoms with Crippen molar-refractivity contribution < 1.29 is 26.7 Å². The fourth-order valence-electron chi connectivity index (χ4n) is 0.396. The molecule has 1 nitrogen and oxygen atoms in total. The minimum absolute atomic E-state index is 0.331. The predicted molar refractivity (Wildman–Crippen MR) is 31.2 cm³/mol. The third-order valence-electron chi connectivity index (χ3n) is 1.19. The molecule has 0 fully saturated rings. The summed E-state index contributed by atoms with van der Waals surface area (Å²) in [6.07, 6.45) is -2.95. The summed E-state index contributed by atoms with van der Waals surface area (Å²) in [5.41, 5.74) is -4.55. The standard InChI is InChI=1S/C4H7F5OSi/c1-2(5)3(6,7)4(8,9)11-10/h2,10H,11H2,1H3. The molecule has 0 aliphatic rings. The summed E-state index contributed by atoms with van der Waals surface area (Å²) in [6, 6.07) is 0. The molecule has 0 heterocycles. The fraction of sp³-hybridized carbons (Fsp3) is 1.00. The first-order chi connectivity index (χ1) is 4.75. The topological polar surface area (TPSA) is 20.2 Å². The summed E-state index contributed by atoms with van der Waals surface area (Å²) in [6.45, 7) is 0.331. The molecule has 0 aromatic carbocycles. The van der Waals surface area contributed by atoms with Crippen molar-refractivity contribution in [2.75, 3.05) is 0 Å². The van der Waals surface area contributed by atoms with Crippen molar-refractivity contribution in [3.63, 3.8) is 0 Å². The molecule has 0 aromatic rings. The molecular formula is C4H7F5OSi. The van der Waals surface area contributed by atoms with E-state index >= 15 is 0 Å². The molecular weight excluding hydrogens is 187 g/mol. The van der Waals surface area contributed by atoms with Gasteiger partial charge in [-0.3, -0.25) is 0 Å². The molecule has 11 heavy (non-hydrogen) atoms. The third-order valence-corrected chi connectivity index (χ3v) is 2.05. The zero-order valence-corrected chi connectivity index (χ0v) is 7.04. The molecule has 0 spiro atoms. The van der Waals surface area contributed by atoms with Crippen molar-refractivity contribution in [3.8, 4) is 0 Å². The van der Waals surface area contributed by atoms with E-state index in [1.165, 1.54) is 0 Å². The normalized spacial score (nSPS) is 17.7. The summed E-state index contributed by atoms with van der Waals surface area (Å²) >= 11 is 0. The molecule has 0 amide bonds. The Kier molecular flexibility index (Phi) is 3.01. The second-order valence-corrected chi connectivity index (χ2v) is 3.31. The van der Waals surface area contributed by atoms with Gasteiger partial charge in [0.25, 0.3) is 0 Å². The highest BCUT2D eigenvalue weighted by Crippen LogP contribution is 2.36. The molecule has 1 unspecified atom stereocenters. The monoisotopic (exact) mass is 194 g/mol. The van der Waals surface area contributed by atoms with Crippen molar-refractivity contribution in [2.24, 2.45) is 0 Å². The summed E-state index contributed by atoms with van der Waals surface area (Å²) in [5.74, 6) is -4.74. The van der Waals surface area contributed by atoms with Gasteiger partial charge in [-0.25, -0.2) is 13.2 Å². The van der Waals surface area contributed by atoms with Crippen molar-refractivity contribution >= 4 is 9.76 Å². The van der Waals surface area contributed by atoms with Crippen LogP contribution in [0.5, 0.6) is 0 Å². The highest BCUT2D eigenvalue weighted by molar-refractivity contribution is 6.29. The largest absolute Gasteiger partial charge is 0.431 e. The van der Waals surface area contributed by atoms with E-state index in [2.05, 4.69) is 0 Å². The van der Waals surface area contributed by atoms with Gasteiger partial charge in [0, 0.05) is 0 Å². The van der Waals surface area contributed by atoms with E-state index in [1.807, 2.05) is 0 Å². The van der Waals surface area contributed by atoms with Gasteiger partial charge in [-0.15, -0.1) is 0 Å². The van der Waals surface area contributed by atoms with Crippen LogP contribution in [0, 0.1) is 0 Å². The zero-order valence-electron chi connectivity index (χ0n) is 5.62. The third kappa shape index (κ3) is 1.89. The van der Waals surface area contributed by atoms with E-state index in [0.29, 0.717) is 6.92 Å². The molecule has 0 rings (SSSR count). The second-order valence-electron chi connectivity index (χ2n) is 2.10. The first kappa shape index (κ1) is 10.8. The molecule has 0 bridgehead atoms. The smallest absolute Gasteiger partial charge is 0.338 e. The van der Waals surface area contributed by atoms with Crippen LogP contribution in [0.4, 0.5) is 22.0 Å². The summed E-state index contributed by atoms with van der Waals surface area (Å²) in [4.78, 5) is 7.92. The minimum Gasteiger partial charge on any atom is -0.431 e. The molecule has 68 valence electrons. The Morgan fingerprint density at radius 1 is 1.27 bits per heavy atom. The molecule has 1 atom stereocenters. The highest BCUT2D eigenvalue weighted by atomic mass is 28.2. The first-order valence-electron chi connectivity index (χ1n) is 2.76. The molecule has 0 saturated carbocycles. The molecule has 1 N–H and O–H groups in total.